The zero-order chi connectivity index (χ0) is 15.6. The molecule has 0 aliphatic carbocycles. The largest absolute Gasteiger partial charge is 0.479 e. The molecule has 1 aromatic heterocycles. The highest BCUT2D eigenvalue weighted by Gasteiger charge is 2.58. The SMILES string of the molecule is CC(NC(=O)c1ccc(C#N)cn1)(C(=O)O)C(F)(F)F. The van der Waals surface area contributed by atoms with Gasteiger partial charge in [-0.15, -0.1) is 0 Å². The van der Waals surface area contributed by atoms with Crippen LogP contribution in [0.1, 0.15) is 23.0 Å². The Kier molecular flexibility index (Phi) is 3.98. The summed E-state index contributed by atoms with van der Waals surface area (Å²) < 4.78 is 38.1. The zero-order valence-electron chi connectivity index (χ0n) is 10.0. The van der Waals surface area contributed by atoms with Crippen LogP contribution in [0.3, 0.4) is 0 Å². The number of aromatic nitrogens is 1. The molecule has 0 fully saturated rings. The van der Waals surface area contributed by atoms with Crippen molar-refractivity contribution in [1.29, 1.82) is 5.26 Å². The van der Waals surface area contributed by atoms with Crippen LogP contribution in [0.15, 0.2) is 18.3 Å². The Morgan fingerprint density at radius 2 is 2.00 bits per heavy atom. The van der Waals surface area contributed by atoms with E-state index in [4.69, 9.17) is 10.4 Å². The molecule has 0 bridgehead atoms. The molecule has 1 unspecified atom stereocenters. The smallest absolute Gasteiger partial charge is 0.422 e. The van der Waals surface area contributed by atoms with Crippen LogP contribution in [-0.4, -0.2) is 33.7 Å². The highest BCUT2D eigenvalue weighted by atomic mass is 19.4. The molecule has 9 heteroatoms. The Labute approximate surface area is 110 Å². The lowest BCUT2D eigenvalue weighted by atomic mass is 10.0. The van der Waals surface area contributed by atoms with Crippen LogP contribution in [0, 0.1) is 11.3 Å². The van der Waals surface area contributed by atoms with E-state index in [-0.39, 0.29) is 5.56 Å². The second kappa shape index (κ2) is 5.16. The molecule has 6 nitrogen and oxygen atoms in total. The number of amides is 1. The minimum Gasteiger partial charge on any atom is -0.479 e. The second-order valence-electron chi connectivity index (χ2n) is 3.93. The highest BCUT2D eigenvalue weighted by Crippen LogP contribution is 2.30. The van der Waals surface area contributed by atoms with E-state index >= 15 is 0 Å². The first-order valence-corrected chi connectivity index (χ1v) is 5.10. The van der Waals surface area contributed by atoms with Gasteiger partial charge < -0.3 is 10.4 Å². The number of hydrogen-bond donors (Lipinski definition) is 2. The number of nitriles is 1. The lowest BCUT2D eigenvalue weighted by Crippen LogP contribution is -2.62. The third-order valence-corrected chi connectivity index (χ3v) is 2.48. The van der Waals surface area contributed by atoms with Gasteiger partial charge in [-0.05, 0) is 19.1 Å². The van der Waals surface area contributed by atoms with Crippen molar-refractivity contribution in [2.45, 2.75) is 18.6 Å². The quantitative estimate of drug-likeness (QED) is 0.866. The maximum atomic E-state index is 12.7. The summed E-state index contributed by atoms with van der Waals surface area (Å²) in [6, 6.07) is 3.91. The molecular weight excluding hydrogens is 279 g/mol. The number of alkyl halides is 3. The minimum absolute atomic E-state index is 0.110. The number of pyridine rings is 1. The summed E-state index contributed by atoms with van der Waals surface area (Å²) >= 11 is 0. The molecule has 1 rings (SSSR count). The molecular formula is C11H8F3N3O3. The average molecular weight is 287 g/mol. The van der Waals surface area contributed by atoms with Crippen molar-refractivity contribution in [3.63, 3.8) is 0 Å². The summed E-state index contributed by atoms with van der Waals surface area (Å²) in [6.45, 7) is 0.330. The third kappa shape index (κ3) is 2.85. The Balaban J connectivity index is 3.03. The van der Waals surface area contributed by atoms with Crippen molar-refractivity contribution in [2.24, 2.45) is 0 Å². The number of nitrogens with zero attached hydrogens (tertiary/aromatic N) is 2. The van der Waals surface area contributed by atoms with Gasteiger partial charge in [-0.25, -0.2) is 9.78 Å². The number of carbonyl (C=O) groups excluding carboxylic acids is 1. The Hall–Kier alpha value is -2.63. The van der Waals surface area contributed by atoms with E-state index in [1.54, 1.807) is 6.07 Å². The van der Waals surface area contributed by atoms with Crippen molar-refractivity contribution < 1.29 is 27.9 Å². The van der Waals surface area contributed by atoms with Crippen LogP contribution >= 0.6 is 0 Å². The molecule has 2 N–H and O–H groups in total. The molecule has 1 aromatic rings. The van der Waals surface area contributed by atoms with Crippen molar-refractivity contribution in [2.75, 3.05) is 0 Å². The number of carboxylic acid groups (broad SMARTS) is 1. The van der Waals surface area contributed by atoms with E-state index in [0.29, 0.717) is 6.92 Å². The zero-order valence-corrected chi connectivity index (χ0v) is 10.0. The summed E-state index contributed by atoms with van der Waals surface area (Å²) in [5.74, 6) is -3.55. The maximum Gasteiger partial charge on any atom is 0.422 e. The van der Waals surface area contributed by atoms with Crippen LogP contribution in [0.4, 0.5) is 13.2 Å². The highest BCUT2D eigenvalue weighted by molar-refractivity contribution is 5.96. The predicted octanol–water partition coefficient (Wildman–Crippen LogP) is 1.09. The van der Waals surface area contributed by atoms with Gasteiger partial charge in [0.05, 0.1) is 5.56 Å². The third-order valence-electron chi connectivity index (χ3n) is 2.48. The molecule has 0 spiro atoms. The second-order valence-corrected chi connectivity index (χ2v) is 3.93. The molecule has 0 aliphatic rings. The fourth-order valence-electron chi connectivity index (χ4n) is 1.13. The van der Waals surface area contributed by atoms with E-state index in [9.17, 15) is 22.8 Å². The Morgan fingerprint density at radius 3 is 2.35 bits per heavy atom. The molecule has 1 atom stereocenters. The van der Waals surface area contributed by atoms with E-state index in [0.717, 1.165) is 12.3 Å². The Morgan fingerprint density at radius 1 is 1.40 bits per heavy atom. The van der Waals surface area contributed by atoms with Crippen LogP contribution in [-0.2, 0) is 4.79 Å². The van der Waals surface area contributed by atoms with Crippen molar-refractivity contribution in [1.82, 2.24) is 10.3 Å². The van der Waals surface area contributed by atoms with Crippen LogP contribution in [0.25, 0.3) is 0 Å². The number of halogens is 3. The molecule has 0 saturated carbocycles. The van der Waals surface area contributed by atoms with Gasteiger partial charge in [0.25, 0.3) is 5.91 Å². The molecule has 0 saturated heterocycles. The van der Waals surface area contributed by atoms with Crippen molar-refractivity contribution in [3.05, 3.63) is 29.6 Å². The molecule has 0 aromatic carbocycles. The van der Waals surface area contributed by atoms with Crippen molar-refractivity contribution >= 4 is 11.9 Å². The first kappa shape index (κ1) is 15.4. The van der Waals surface area contributed by atoms with E-state index in [1.807, 2.05) is 0 Å². The number of aliphatic carboxylic acids is 1. The first-order chi connectivity index (χ1) is 9.11. The number of hydrogen-bond acceptors (Lipinski definition) is 4. The summed E-state index contributed by atoms with van der Waals surface area (Å²) in [7, 11) is 0. The normalized spacial score (nSPS) is 13.9. The first-order valence-electron chi connectivity index (χ1n) is 5.10. The molecule has 20 heavy (non-hydrogen) atoms. The summed E-state index contributed by atoms with van der Waals surface area (Å²) in [4.78, 5) is 25.8. The van der Waals surface area contributed by atoms with Gasteiger partial charge in [0, 0.05) is 6.20 Å². The number of carboxylic acids is 1. The van der Waals surface area contributed by atoms with E-state index in [1.165, 1.54) is 11.4 Å². The van der Waals surface area contributed by atoms with Crippen LogP contribution in [0.5, 0.6) is 0 Å². The van der Waals surface area contributed by atoms with E-state index < -0.39 is 29.3 Å². The fraction of sp³-hybridized carbons (Fsp3) is 0.273. The number of rotatable bonds is 3. The van der Waals surface area contributed by atoms with Gasteiger partial charge in [0.1, 0.15) is 11.8 Å². The monoisotopic (exact) mass is 287 g/mol. The van der Waals surface area contributed by atoms with Gasteiger partial charge in [-0.1, -0.05) is 0 Å². The van der Waals surface area contributed by atoms with Crippen LogP contribution in [0.2, 0.25) is 0 Å². The van der Waals surface area contributed by atoms with E-state index in [2.05, 4.69) is 4.98 Å². The standard InChI is InChI=1S/C11H8F3N3O3/c1-10(9(19)20,11(12,13)14)17-8(18)7-3-2-6(4-15)5-16-7/h2-3,5H,1H3,(H,17,18)(H,19,20). The topological polar surface area (TPSA) is 103 Å². The number of carbonyl (C=O) groups is 2. The lowest BCUT2D eigenvalue weighted by molar-refractivity contribution is -0.203. The molecule has 106 valence electrons. The van der Waals surface area contributed by atoms with Crippen LogP contribution < -0.4 is 5.32 Å². The van der Waals surface area contributed by atoms with Gasteiger partial charge in [-0.3, -0.25) is 4.79 Å². The molecule has 1 amide bonds. The summed E-state index contributed by atoms with van der Waals surface area (Å²) in [5, 5.41) is 18.5. The lowest BCUT2D eigenvalue weighted by Gasteiger charge is -2.28. The maximum absolute atomic E-state index is 12.7. The average Bonchev–Trinajstić information content (AvgIpc) is 2.37. The Bertz CT molecular complexity index is 577. The molecule has 0 radical (unpaired) electrons. The van der Waals surface area contributed by atoms with Gasteiger partial charge in [-0.2, -0.15) is 18.4 Å². The van der Waals surface area contributed by atoms with Gasteiger partial charge >= 0.3 is 12.1 Å². The van der Waals surface area contributed by atoms with Gasteiger partial charge in [0.2, 0.25) is 5.54 Å². The number of nitrogens with one attached hydrogen (secondary N) is 1. The molecule has 0 aliphatic heterocycles. The van der Waals surface area contributed by atoms with Gasteiger partial charge in [0.15, 0.2) is 0 Å². The van der Waals surface area contributed by atoms with Crippen molar-refractivity contribution in [3.8, 4) is 6.07 Å². The fourth-order valence-corrected chi connectivity index (χ4v) is 1.13. The molecule has 1 heterocycles. The minimum atomic E-state index is -5.18. The summed E-state index contributed by atoms with van der Waals surface area (Å²) in [5.41, 5.74) is -3.75. The predicted molar refractivity (Wildman–Crippen MR) is 58.5 cm³/mol. The summed E-state index contributed by atoms with van der Waals surface area (Å²) in [6.07, 6.45) is -4.19.